The van der Waals surface area contributed by atoms with Crippen LogP contribution < -0.4 is 0 Å². The largest absolute Gasteiger partial charge is 0.459 e. The maximum Gasteiger partial charge on any atom is 0.336 e. The summed E-state index contributed by atoms with van der Waals surface area (Å²) in [5.74, 6) is 0.351. The van der Waals surface area contributed by atoms with E-state index >= 15 is 0 Å². The summed E-state index contributed by atoms with van der Waals surface area (Å²) in [5.41, 5.74) is 2.63. The number of carbonyl (C=O) groups excluding carboxylic acids is 1. The predicted molar refractivity (Wildman–Crippen MR) is 149 cm³/mol. The van der Waals surface area contributed by atoms with Crippen LogP contribution in [0.1, 0.15) is 35.2 Å². The van der Waals surface area contributed by atoms with Gasteiger partial charge in [0.15, 0.2) is 5.54 Å². The Labute approximate surface area is 227 Å². The van der Waals surface area contributed by atoms with E-state index in [1.807, 2.05) is 85.8 Å². The first kappa shape index (κ1) is 25.1. The number of rotatable bonds is 7. The van der Waals surface area contributed by atoms with Gasteiger partial charge in [0, 0.05) is 12.1 Å². The smallest absolute Gasteiger partial charge is 0.336 e. The van der Waals surface area contributed by atoms with E-state index in [1.54, 1.807) is 18.2 Å². The molecule has 1 heterocycles. The van der Waals surface area contributed by atoms with E-state index in [1.165, 1.54) is 0 Å². The molecule has 2 atom stereocenters. The number of esters is 1. The summed E-state index contributed by atoms with van der Waals surface area (Å²) in [6, 6.07) is 35.0. The Bertz CT molecular complexity index is 1410. The van der Waals surface area contributed by atoms with Crippen molar-refractivity contribution < 1.29 is 9.53 Å². The number of nitrogens with zero attached hydrogens (tertiary/aromatic N) is 2. The van der Waals surface area contributed by atoms with Crippen LogP contribution in [0, 0.1) is 0 Å². The average Bonchev–Trinajstić information content (AvgIpc) is 3.23. The van der Waals surface area contributed by atoms with Crippen molar-refractivity contribution in [3.8, 4) is 0 Å². The molecule has 2 unspecified atom stereocenters. The topological polar surface area (TPSA) is 41.9 Å². The summed E-state index contributed by atoms with van der Waals surface area (Å²) >= 11 is 12.2. The number of halogens is 2. The Hall–Kier alpha value is -3.60. The SMILES string of the molecule is CC1(C(=O)OCc2ccc(Cl)c(Cl)c2)N=C(c2ccccc2)N(Cc2ccccc2)C1c1ccccc1. The van der Waals surface area contributed by atoms with Gasteiger partial charge in [0.1, 0.15) is 12.4 Å². The fraction of sp³-hybridized carbons (Fsp3) is 0.161. The lowest BCUT2D eigenvalue weighted by atomic mass is 9.87. The van der Waals surface area contributed by atoms with Gasteiger partial charge in [0.25, 0.3) is 0 Å². The first-order chi connectivity index (χ1) is 18.0. The van der Waals surface area contributed by atoms with Crippen LogP contribution in [-0.4, -0.2) is 22.2 Å². The minimum atomic E-state index is -1.18. The lowest BCUT2D eigenvalue weighted by molar-refractivity contribution is -0.152. The van der Waals surface area contributed by atoms with Gasteiger partial charge in [-0.05, 0) is 35.7 Å². The van der Waals surface area contributed by atoms with E-state index in [-0.39, 0.29) is 12.6 Å². The molecule has 0 amide bonds. The normalized spacial score (nSPS) is 18.9. The molecule has 0 aliphatic carbocycles. The summed E-state index contributed by atoms with van der Waals surface area (Å²) < 4.78 is 5.87. The second-order valence-corrected chi connectivity index (χ2v) is 10.0. The number of benzene rings is 4. The Morgan fingerprint density at radius 1 is 0.838 bits per heavy atom. The molecule has 0 bridgehead atoms. The summed E-state index contributed by atoms with van der Waals surface area (Å²) in [5, 5.41) is 0.875. The van der Waals surface area contributed by atoms with E-state index in [4.69, 9.17) is 32.9 Å². The van der Waals surface area contributed by atoms with Crippen molar-refractivity contribution in [3.05, 3.63) is 141 Å². The van der Waals surface area contributed by atoms with Crippen LogP contribution in [0.15, 0.2) is 114 Å². The number of amidine groups is 1. The summed E-state index contributed by atoms with van der Waals surface area (Å²) in [6.45, 7) is 2.52. The molecule has 37 heavy (non-hydrogen) atoms. The van der Waals surface area contributed by atoms with Gasteiger partial charge in [-0.15, -0.1) is 0 Å². The molecule has 186 valence electrons. The van der Waals surface area contributed by atoms with Gasteiger partial charge in [-0.2, -0.15) is 0 Å². The first-order valence-electron chi connectivity index (χ1n) is 12.1. The van der Waals surface area contributed by atoms with Crippen LogP contribution in [0.5, 0.6) is 0 Å². The second-order valence-electron chi connectivity index (χ2n) is 9.20. The highest BCUT2D eigenvalue weighted by atomic mass is 35.5. The van der Waals surface area contributed by atoms with Crippen molar-refractivity contribution in [3.63, 3.8) is 0 Å². The molecule has 4 aromatic rings. The zero-order valence-electron chi connectivity index (χ0n) is 20.4. The average molecular weight is 529 g/mol. The zero-order valence-corrected chi connectivity index (χ0v) is 21.9. The van der Waals surface area contributed by atoms with Gasteiger partial charge in [0.05, 0.1) is 16.1 Å². The number of ether oxygens (including phenoxy) is 1. The van der Waals surface area contributed by atoms with Crippen LogP contribution >= 0.6 is 23.2 Å². The molecular formula is C31H26Cl2N2O2. The lowest BCUT2D eigenvalue weighted by Gasteiger charge is -2.35. The summed E-state index contributed by atoms with van der Waals surface area (Å²) in [4.78, 5) is 21.1. The number of carbonyl (C=O) groups is 1. The van der Waals surface area contributed by atoms with Gasteiger partial charge in [0.2, 0.25) is 0 Å². The lowest BCUT2D eigenvalue weighted by Crippen LogP contribution is -2.44. The molecule has 1 aliphatic heterocycles. The van der Waals surface area contributed by atoms with Crippen molar-refractivity contribution >= 4 is 35.0 Å². The van der Waals surface area contributed by atoms with E-state index in [0.717, 1.165) is 28.1 Å². The van der Waals surface area contributed by atoms with E-state index in [0.29, 0.717) is 16.6 Å². The minimum absolute atomic E-state index is 0.0711. The quantitative estimate of drug-likeness (QED) is 0.233. The van der Waals surface area contributed by atoms with E-state index in [9.17, 15) is 4.79 Å². The molecular weight excluding hydrogens is 503 g/mol. The Kier molecular flexibility index (Phi) is 7.31. The van der Waals surface area contributed by atoms with Crippen molar-refractivity contribution in [2.24, 2.45) is 4.99 Å². The Morgan fingerprint density at radius 2 is 1.46 bits per heavy atom. The van der Waals surface area contributed by atoms with Crippen molar-refractivity contribution in [2.75, 3.05) is 0 Å². The zero-order chi connectivity index (χ0) is 25.8. The van der Waals surface area contributed by atoms with Gasteiger partial charge >= 0.3 is 5.97 Å². The number of hydrogen-bond acceptors (Lipinski definition) is 4. The summed E-state index contributed by atoms with van der Waals surface area (Å²) in [6.07, 6.45) is 0. The van der Waals surface area contributed by atoms with Crippen LogP contribution in [0.3, 0.4) is 0 Å². The van der Waals surface area contributed by atoms with Crippen molar-refractivity contribution in [2.45, 2.75) is 31.7 Å². The molecule has 4 aromatic carbocycles. The third-order valence-corrected chi connectivity index (χ3v) is 7.30. The molecule has 0 aromatic heterocycles. The second kappa shape index (κ2) is 10.8. The predicted octanol–water partition coefficient (Wildman–Crippen LogP) is 7.50. The molecule has 5 rings (SSSR count). The van der Waals surface area contributed by atoms with Crippen LogP contribution in [-0.2, 0) is 22.7 Å². The van der Waals surface area contributed by atoms with Crippen LogP contribution in [0.2, 0.25) is 10.0 Å². The molecule has 0 N–H and O–H groups in total. The number of aliphatic imine (C=N–C) groups is 1. The third kappa shape index (κ3) is 5.27. The molecule has 0 spiro atoms. The fourth-order valence-electron chi connectivity index (χ4n) is 4.76. The molecule has 0 saturated carbocycles. The minimum Gasteiger partial charge on any atom is -0.459 e. The van der Waals surface area contributed by atoms with Crippen LogP contribution in [0.4, 0.5) is 0 Å². The molecule has 0 radical (unpaired) electrons. The Morgan fingerprint density at radius 3 is 2.11 bits per heavy atom. The molecule has 6 heteroatoms. The first-order valence-corrected chi connectivity index (χ1v) is 12.8. The maximum absolute atomic E-state index is 13.8. The monoisotopic (exact) mass is 528 g/mol. The van der Waals surface area contributed by atoms with Gasteiger partial charge in [-0.1, -0.05) is 120 Å². The molecule has 4 nitrogen and oxygen atoms in total. The highest BCUT2D eigenvalue weighted by molar-refractivity contribution is 6.42. The Balaban J connectivity index is 1.55. The summed E-state index contributed by atoms with van der Waals surface area (Å²) in [7, 11) is 0. The van der Waals surface area contributed by atoms with E-state index < -0.39 is 11.5 Å². The fourth-order valence-corrected chi connectivity index (χ4v) is 5.08. The molecule has 0 fully saturated rings. The number of hydrogen-bond donors (Lipinski definition) is 0. The van der Waals surface area contributed by atoms with Crippen molar-refractivity contribution in [1.82, 2.24) is 4.90 Å². The van der Waals surface area contributed by atoms with Gasteiger partial charge < -0.3 is 9.64 Å². The highest BCUT2D eigenvalue weighted by Gasteiger charge is 2.52. The molecule has 0 saturated heterocycles. The van der Waals surface area contributed by atoms with Gasteiger partial charge in [-0.25, -0.2) is 9.79 Å². The third-order valence-electron chi connectivity index (χ3n) is 6.56. The van der Waals surface area contributed by atoms with Crippen molar-refractivity contribution in [1.29, 1.82) is 0 Å². The highest BCUT2D eigenvalue weighted by Crippen LogP contribution is 2.43. The maximum atomic E-state index is 13.8. The van der Waals surface area contributed by atoms with Gasteiger partial charge in [-0.3, -0.25) is 0 Å². The standard InChI is InChI=1S/C31H26Cl2N2O2/c1-31(30(36)37-21-23-17-18-26(32)27(33)19-23)28(24-13-7-3-8-14-24)35(20-22-11-5-2-6-12-22)29(34-31)25-15-9-4-10-16-25/h2-19,28H,20-21H2,1H3. The molecule has 1 aliphatic rings. The van der Waals surface area contributed by atoms with Crippen LogP contribution in [0.25, 0.3) is 0 Å². The van der Waals surface area contributed by atoms with E-state index in [2.05, 4.69) is 17.0 Å².